The van der Waals surface area contributed by atoms with Crippen molar-refractivity contribution in [2.24, 2.45) is 11.3 Å². The summed E-state index contributed by atoms with van der Waals surface area (Å²) in [6, 6.07) is 0. The van der Waals surface area contributed by atoms with Crippen molar-refractivity contribution in [1.82, 2.24) is 15.2 Å². The van der Waals surface area contributed by atoms with E-state index >= 15 is 0 Å². The first-order chi connectivity index (χ1) is 8.38. The summed E-state index contributed by atoms with van der Waals surface area (Å²) in [6.07, 6.45) is 5.17. The Labute approximate surface area is 111 Å². The molecule has 0 aliphatic heterocycles. The van der Waals surface area contributed by atoms with E-state index in [0.717, 1.165) is 17.6 Å². The third-order valence-electron chi connectivity index (χ3n) is 4.38. The quantitative estimate of drug-likeness (QED) is 0.851. The van der Waals surface area contributed by atoms with Gasteiger partial charge in [0.1, 0.15) is 5.82 Å². The van der Waals surface area contributed by atoms with E-state index in [4.69, 9.17) is 0 Å². The molecule has 1 aromatic heterocycles. The van der Waals surface area contributed by atoms with Crippen molar-refractivity contribution in [2.45, 2.75) is 72.1 Å². The summed E-state index contributed by atoms with van der Waals surface area (Å²) in [5.74, 6) is 3.96. The van der Waals surface area contributed by atoms with Gasteiger partial charge in [-0.05, 0) is 37.0 Å². The predicted molar refractivity (Wildman–Crippen MR) is 74.6 cm³/mol. The highest BCUT2D eigenvalue weighted by Gasteiger charge is 2.31. The average Bonchev–Trinajstić information content (AvgIpc) is 2.77. The predicted octanol–water partition coefficient (Wildman–Crippen LogP) is 4.25. The summed E-state index contributed by atoms with van der Waals surface area (Å²) in [6.45, 7) is 11.4. The lowest BCUT2D eigenvalue weighted by atomic mass is 9.70. The number of rotatable bonds is 2. The lowest BCUT2D eigenvalue weighted by Gasteiger charge is -2.36. The fourth-order valence-electron chi connectivity index (χ4n) is 2.96. The molecule has 0 unspecified atom stereocenters. The smallest absolute Gasteiger partial charge is 0.153 e. The molecule has 2 rings (SSSR count). The zero-order chi connectivity index (χ0) is 13.3. The Morgan fingerprint density at radius 3 is 2.17 bits per heavy atom. The molecule has 1 saturated carbocycles. The molecule has 0 atom stereocenters. The Bertz CT molecular complexity index is 379. The third-order valence-corrected chi connectivity index (χ3v) is 4.38. The van der Waals surface area contributed by atoms with Gasteiger partial charge in [-0.25, -0.2) is 4.98 Å². The Morgan fingerprint density at radius 2 is 1.72 bits per heavy atom. The van der Waals surface area contributed by atoms with Crippen LogP contribution in [-0.2, 0) is 0 Å². The van der Waals surface area contributed by atoms with Gasteiger partial charge >= 0.3 is 0 Å². The van der Waals surface area contributed by atoms with Crippen molar-refractivity contribution in [3.63, 3.8) is 0 Å². The molecule has 0 saturated heterocycles. The number of nitrogens with zero attached hydrogens (tertiary/aromatic N) is 2. The Balaban J connectivity index is 1.97. The second-order valence-corrected chi connectivity index (χ2v) is 7.15. The van der Waals surface area contributed by atoms with Crippen LogP contribution in [0.3, 0.4) is 0 Å². The lowest BCUT2D eigenvalue weighted by molar-refractivity contribution is 0.167. The first-order valence-electron chi connectivity index (χ1n) is 7.30. The van der Waals surface area contributed by atoms with E-state index in [1.165, 1.54) is 25.7 Å². The molecule has 1 aliphatic rings. The van der Waals surface area contributed by atoms with Gasteiger partial charge in [-0.2, -0.15) is 5.10 Å². The second kappa shape index (κ2) is 5.02. The molecule has 0 radical (unpaired) electrons. The molecule has 102 valence electrons. The summed E-state index contributed by atoms with van der Waals surface area (Å²) >= 11 is 0. The zero-order valence-electron chi connectivity index (χ0n) is 12.5. The van der Waals surface area contributed by atoms with Crippen LogP contribution in [0.15, 0.2) is 0 Å². The third kappa shape index (κ3) is 2.93. The minimum Gasteiger partial charge on any atom is -0.263 e. The minimum atomic E-state index is 0.418. The highest BCUT2D eigenvalue weighted by atomic mass is 15.2. The van der Waals surface area contributed by atoms with Crippen molar-refractivity contribution in [3.8, 4) is 0 Å². The number of hydrogen-bond acceptors (Lipinski definition) is 2. The van der Waals surface area contributed by atoms with E-state index < -0.39 is 0 Å². The van der Waals surface area contributed by atoms with E-state index in [0.29, 0.717) is 17.3 Å². The number of nitrogens with one attached hydrogen (secondary N) is 1. The van der Waals surface area contributed by atoms with E-state index in [1.807, 2.05) is 0 Å². The maximum atomic E-state index is 4.65. The molecule has 1 N–H and O–H groups in total. The van der Waals surface area contributed by atoms with Gasteiger partial charge in [-0.1, -0.05) is 34.6 Å². The molecule has 3 heteroatoms. The van der Waals surface area contributed by atoms with Crippen LogP contribution in [0.2, 0.25) is 0 Å². The number of aromatic amines is 1. The van der Waals surface area contributed by atoms with Gasteiger partial charge in [0.05, 0.1) is 0 Å². The van der Waals surface area contributed by atoms with Gasteiger partial charge in [0.2, 0.25) is 0 Å². The minimum absolute atomic E-state index is 0.418. The van der Waals surface area contributed by atoms with Crippen molar-refractivity contribution in [3.05, 3.63) is 11.6 Å². The van der Waals surface area contributed by atoms with Crippen LogP contribution in [-0.4, -0.2) is 15.2 Å². The van der Waals surface area contributed by atoms with Gasteiger partial charge in [-0.3, -0.25) is 5.10 Å². The summed E-state index contributed by atoms with van der Waals surface area (Å²) in [4.78, 5) is 4.65. The first kappa shape index (κ1) is 13.6. The summed E-state index contributed by atoms with van der Waals surface area (Å²) < 4.78 is 0. The number of hydrogen-bond donors (Lipinski definition) is 1. The molecule has 0 spiro atoms. The standard InChI is InChI=1S/C15H27N3/c1-10(2)13-16-14(18-17-13)11-6-8-12(9-7-11)15(3,4)5/h10-12H,6-9H2,1-5H3,(H,16,17,18). The van der Waals surface area contributed by atoms with Crippen molar-refractivity contribution in [1.29, 1.82) is 0 Å². The second-order valence-electron chi connectivity index (χ2n) is 7.15. The van der Waals surface area contributed by atoms with Crippen LogP contribution in [0.1, 0.15) is 83.8 Å². The van der Waals surface area contributed by atoms with E-state index in [-0.39, 0.29) is 0 Å². The molecule has 18 heavy (non-hydrogen) atoms. The largest absolute Gasteiger partial charge is 0.263 e. The average molecular weight is 249 g/mol. The fourth-order valence-corrected chi connectivity index (χ4v) is 2.96. The van der Waals surface area contributed by atoms with Gasteiger partial charge in [0.25, 0.3) is 0 Å². The van der Waals surface area contributed by atoms with Crippen LogP contribution in [0.4, 0.5) is 0 Å². The maximum Gasteiger partial charge on any atom is 0.153 e. The Hall–Kier alpha value is -0.860. The lowest BCUT2D eigenvalue weighted by Crippen LogP contribution is -2.25. The molecular formula is C15H27N3. The fraction of sp³-hybridized carbons (Fsp3) is 0.867. The van der Waals surface area contributed by atoms with E-state index in [1.54, 1.807) is 0 Å². The monoisotopic (exact) mass is 249 g/mol. The van der Waals surface area contributed by atoms with Crippen LogP contribution >= 0.6 is 0 Å². The molecular weight excluding hydrogens is 222 g/mol. The van der Waals surface area contributed by atoms with E-state index in [9.17, 15) is 0 Å². The highest BCUT2D eigenvalue weighted by Crippen LogP contribution is 2.42. The number of aromatic nitrogens is 3. The van der Waals surface area contributed by atoms with Gasteiger partial charge < -0.3 is 0 Å². The topological polar surface area (TPSA) is 41.6 Å². The zero-order valence-corrected chi connectivity index (χ0v) is 12.5. The van der Waals surface area contributed by atoms with Crippen LogP contribution in [0, 0.1) is 11.3 Å². The molecule has 0 amide bonds. The molecule has 1 fully saturated rings. The summed E-state index contributed by atoms with van der Waals surface area (Å²) in [7, 11) is 0. The van der Waals surface area contributed by atoms with Crippen molar-refractivity contribution >= 4 is 0 Å². The van der Waals surface area contributed by atoms with Crippen molar-refractivity contribution < 1.29 is 0 Å². The molecule has 1 heterocycles. The van der Waals surface area contributed by atoms with Crippen LogP contribution in [0.25, 0.3) is 0 Å². The van der Waals surface area contributed by atoms with Gasteiger partial charge in [0.15, 0.2) is 5.82 Å². The molecule has 3 nitrogen and oxygen atoms in total. The molecule has 1 aromatic rings. The Morgan fingerprint density at radius 1 is 1.11 bits per heavy atom. The van der Waals surface area contributed by atoms with Crippen LogP contribution in [0.5, 0.6) is 0 Å². The number of H-pyrrole nitrogens is 1. The molecule has 0 bridgehead atoms. The molecule has 0 aromatic carbocycles. The van der Waals surface area contributed by atoms with Crippen LogP contribution < -0.4 is 0 Å². The summed E-state index contributed by atoms with van der Waals surface area (Å²) in [5, 5.41) is 7.47. The normalized spacial score (nSPS) is 25.7. The SMILES string of the molecule is CC(C)c1n[nH]c(C2CCC(C(C)(C)C)CC2)n1. The first-order valence-corrected chi connectivity index (χ1v) is 7.30. The molecule has 1 aliphatic carbocycles. The van der Waals surface area contributed by atoms with Crippen molar-refractivity contribution in [2.75, 3.05) is 0 Å². The van der Waals surface area contributed by atoms with Gasteiger partial charge in [-0.15, -0.1) is 0 Å². The summed E-state index contributed by atoms with van der Waals surface area (Å²) in [5.41, 5.74) is 0.454. The van der Waals surface area contributed by atoms with E-state index in [2.05, 4.69) is 49.8 Å². The van der Waals surface area contributed by atoms with Gasteiger partial charge in [0, 0.05) is 11.8 Å². The maximum absolute atomic E-state index is 4.65. The Kier molecular flexibility index (Phi) is 3.79. The highest BCUT2D eigenvalue weighted by molar-refractivity contribution is 5.02.